The highest BCUT2D eigenvalue weighted by Crippen LogP contribution is 2.10. The SMILES string of the molecule is CCCC(CCc1ccc(CC)cc1)NC. The van der Waals surface area contributed by atoms with Crippen LogP contribution >= 0.6 is 0 Å². The first kappa shape index (κ1) is 13.2. The van der Waals surface area contributed by atoms with E-state index in [1.807, 2.05) is 0 Å². The lowest BCUT2D eigenvalue weighted by Gasteiger charge is -2.14. The summed E-state index contributed by atoms with van der Waals surface area (Å²) in [6, 6.07) is 9.73. The van der Waals surface area contributed by atoms with Crippen LogP contribution in [0.3, 0.4) is 0 Å². The molecular formula is C15H25N. The Balaban J connectivity index is 2.40. The van der Waals surface area contributed by atoms with Crippen LogP contribution in [0, 0.1) is 0 Å². The molecule has 1 unspecified atom stereocenters. The molecule has 0 amide bonds. The first-order chi connectivity index (χ1) is 7.80. The normalized spacial score (nSPS) is 12.7. The first-order valence-electron chi connectivity index (χ1n) is 6.55. The largest absolute Gasteiger partial charge is 0.317 e. The van der Waals surface area contributed by atoms with Crippen LogP contribution < -0.4 is 5.32 Å². The van der Waals surface area contributed by atoms with Crippen molar-refractivity contribution < 1.29 is 0 Å². The van der Waals surface area contributed by atoms with E-state index in [9.17, 15) is 0 Å². The maximum Gasteiger partial charge on any atom is 0.00671 e. The molecular weight excluding hydrogens is 194 g/mol. The summed E-state index contributed by atoms with van der Waals surface area (Å²) in [5.41, 5.74) is 2.90. The fraction of sp³-hybridized carbons (Fsp3) is 0.600. The fourth-order valence-corrected chi connectivity index (χ4v) is 2.06. The smallest absolute Gasteiger partial charge is 0.00671 e. The Morgan fingerprint density at radius 1 is 1.00 bits per heavy atom. The Hall–Kier alpha value is -0.820. The topological polar surface area (TPSA) is 12.0 Å². The van der Waals surface area contributed by atoms with Crippen LogP contribution in [0.5, 0.6) is 0 Å². The van der Waals surface area contributed by atoms with Crippen molar-refractivity contribution >= 4 is 0 Å². The van der Waals surface area contributed by atoms with Gasteiger partial charge in [0.2, 0.25) is 0 Å². The van der Waals surface area contributed by atoms with E-state index in [-0.39, 0.29) is 0 Å². The summed E-state index contributed by atoms with van der Waals surface area (Å²) in [5.74, 6) is 0. The number of hydrogen-bond acceptors (Lipinski definition) is 1. The molecule has 1 rings (SSSR count). The molecule has 0 aromatic heterocycles. The fourth-order valence-electron chi connectivity index (χ4n) is 2.06. The molecule has 0 radical (unpaired) electrons. The van der Waals surface area contributed by atoms with Gasteiger partial charge in [-0.25, -0.2) is 0 Å². The molecule has 0 aliphatic heterocycles. The van der Waals surface area contributed by atoms with Gasteiger partial charge in [0.1, 0.15) is 0 Å². The molecule has 0 spiro atoms. The zero-order chi connectivity index (χ0) is 11.8. The summed E-state index contributed by atoms with van der Waals surface area (Å²) in [4.78, 5) is 0. The molecule has 1 aromatic carbocycles. The minimum absolute atomic E-state index is 0.677. The second-order valence-electron chi connectivity index (χ2n) is 4.48. The van der Waals surface area contributed by atoms with Gasteiger partial charge in [0.25, 0.3) is 0 Å². The summed E-state index contributed by atoms with van der Waals surface area (Å²) in [5, 5.41) is 3.40. The van der Waals surface area contributed by atoms with E-state index in [0.29, 0.717) is 6.04 Å². The van der Waals surface area contributed by atoms with Crippen molar-refractivity contribution in [3.8, 4) is 0 Å². The van der Waals surface area contributed by atoms with Gasteiger partial charge in [-0.1, -0.05) is 44.5 Å². The average molecular weight is 219 g/mol. The molecule has 1 heteroatoms. The monoisotopic (exact) mass is 219 g/mol. The van der Waals surface area contributed by atoms with Gasteiger partial charge in [0.15, 0.2) is 0 Å². The molecule has 0 saturated heterocycles. The summed E-state index contributed by atoms with van der Waals surface area (Å²) in [6.45, 7) is 4.45. The van der Waals surface area contributed by atoms with Gasteiger partial charge in [0, 0.05) is 6.04 Å². The Bertz CT molecular complexity index is 276. The van der Waals surface area contributed by atoms with E-state index in [4.69, 9.17) is 0 Å². The minimum atomic E-state index is 0.677. The number of aryl methyl sites for hydroxylation is 2. The van der Waals surface area contributed by atoms with Gasteiger partial charge in [-0.15, -0.1) is 0 Å². The first-order valence-corrected chi connectivity index (χ1v) is 6.55. The van der Waals surface area contributed by atoms with Crippen molar-refractivity contribution in [2.24, 2.45) is 0 Å². The number of benzene rings is 1. The third-order valence-corrected chi connectivity index (χ3v) is 3.26. The van der Waals surface area contributed by atoms with Crippen LogP contribution in [0.15, 0.2) is 24.3 Å². The molecule has 0 saturated carbocycles. The number of nitrogens with one attached hydrogen (secondary N) is 1. The van der Waals surface area contributed by atoms with Crippen molar-refractivity contribution in [3.05, 3.63) is 35.4 Å². The molecule has 1 N–H and O–H groups in total. The van der Waals surface area contributed by atoms with E-state index < -0.39 is 0 Å². The van der Waals surface area contributed by atoms with E-state index in [0.717, 1.165) is 6.42 Å². The second kappa shape index (κ2) is 7.45. The van der Waals surface area contributed by atoms with E-state index in [1.54, 1.807) is 0 Å². The van der Waals surface area contributed by atoms with E-state index in [1.165, 1.54) is 36.8 Å². The van der Waals surface area contributed by atoms with Crippen molar-refractivity contribution in [2.45, 2.75) is 52.0 Å². The molecule has 1 aromatic rings. The van der Waals surface area contributed by atoms with Crippen LogP contribution in [-0.4, -0.2) is 13.1 Å². The Kier molecular flexibility index (Phi) is 6.17. The van der Waals surface area contributed by atoms with Crippen LogP contribution in [0.4, 0.5) is 0 Å². The third kappa shape index (κ3) is 4.36. The van der Waals surface area contributed by atoms with Crippen LogP contribution in [-0.2, 0) is 12.8 Å². The summed E-state index contributed by atoms with van der Waals surface area (Å²) in [7, 11) is 2.07. The molecule has 0 aliphatic carbocycles. The lowest BCUT2D eigenvalue weighted by atomic mass is 10.0. The van der Waals surface area contributed by atoms with Crippen LogP contribution in [0.1, 0.15) is 44.2 Å². The van der Waals surface area contributed by atoms with Crippen molar-refractivity contribution in [1.82, 2.24) is 5.32 Å². The third-order valence-electron chi connectivity index (χ3n) is 3.26. The molecule has 0 bridgehead atoms. The lowest BCUT2D eigenvalue weighted by Crippen LogP contribution is -2.25. The van der Waals surface area contributed by atoms with Crippen molar-refractivity contribution in [3.63, 3.8) is 0 Å². The predicted molar refractivity (Wildman–Crippen MR) is 71.9 cm³/mol. The molecule has 16 heavy (non-hydrogen) atoms. The zero-order valence-corrected chi connectivity index (χ0v) is 10.9. The molecule has 1 nitrogen and oxygen atoms in total. The molecule has 0 aliphatic rings. The van der Waals surface area contributed by atoms with Gasteiger partial charge in [0.05, 0.1) is 0 Å². The quantitative estimate of drug-likeness (QED) is 0.739. The molecule has 0 heterocycles. The maximum absolute atomic E-state index is 3.40. The van der Waals surface area contributed by atoms with Gasteiger partial charge < -0.3 is 5.32 Å². The summed E-state index contributed by atoms with van der Waals surface area (Å²) in [6.07, 6.45) is 6.12. The summed E-state index contributed by atoms with van der Waals surface area (Å²) < 4.78 is 0. The van der Waals surface area contributed by atoms with E-state index >= 15 is 0 Å². The van der Waals surface area contributed by atoms with Crippen molar-refractivity contribution in [2.75, 3.05) is 7.05 Å². The van der Waals surface area contributed by atoms with Crippen LogP contribution in [0.25, 0.3) is 0 Å². The van der Waals surface area contributed by atoms with Crippen molar-refractivity contribution in [1.29, 1.82) is 0 Å². The van der Waals surface area contributed by atoms with E-state index in [2.05, 4.69) is 50.5 Å². The minimum Gasteiger partial charge on any atom is -0.317 e. The highest BCUT2D eigenvalue weighted by Gasteiger charge is 2.04. The highest BCUT2D eigenvalue weighted by atomic mass is 14.9. The lowest BCUT2D eigenvalue weighted by molar-refractivity contribution is 0.484. The molecule has 1 atom stereocenters. The second-order valence-corrected chi connectivity index (χ2v) is 4.48. The van der Waals surface area contributed by atoms with Gasteiger partial charge >= 0.3 is 0 Å². The summed E-state index contributed by atoms with van der Waals surface area (Å²) >= 11 is 0. The van der Waals surface area contributed by atoms with Gasteiger partial charge in [-0.2, -0.15) is 0 Å². The maximum atomic E-state index is 3.40. The van der Waals surface area contributed by atoms with Crippen LogP contribution in [0.2, 0.25) is 0 Å². The Morgan fingerprint density at radius 2 is 1.62 bits per heavy atom. The zero-order valence-electron chi connectivity index (χ0n) is 10.9. The molecule has 90 valence electrons. The number of rotatable bonds is 7. The Morgan fingerprint density at radius 3 is 2.12 bits per heavy atom. The van der Waals surface area contributed by atoms with Gasteiger partial charge in [-0.3, -0.25) is 0 Å². The average Bonchev–Trinajstić information content (AvgIpc) is 2.35. The van der Waals surface area contributed by atoms with Gasteiger partial charge in [-0.05, 0) is 43.9 Å². The predicted octanol–water partition coefficient (Wildman–Crippen LogP) is 3.57. The molecule has 0 fully saturated rings. The number of hydrogen-bond donors (Lipinski definition) is 1. The highest BCUT2D eigenvalue weighted by molar-refractivity contribution is 5.22. The Labute approximate surface area is 100 Å². The standard InChI is InChI=1S/C15H25N/c1-4-6-15(16-3)12-11-14-9-7-13(5-2)8-10-14/h7-10,15-16H,4-6,11-12H2,1-3H3.